The molecule has 4 unspecified atom stereocenters. The summed E-state index contributed by atoms with van der Waals surface area (Å²) in [5.41, 5.74) is 2.67. The summed E-state index contributed by atoms with van der Waals surface area (Å²) in [6.45, 7) is 17.1. The number of benzene rings is 6. The summed E-state index contributed by atoms with van der Waals surface area (Å²) in [5.74, 6) is 2.07. The van der Waals surface area contributed by atoms with Gasteiger partial charge in [-0.05, 0) is 135 Å². The summed E-state index contributed by atoms with van der Waals surface area (Å²) in [4.78, 5) is 0. The molecule has 0 heterocycles. The molecule has 4 atom stereocenters. The van der Waals surface area contributed by atoms with Crippen LogP contribution in [0.4, 0.5) is 8.78 Å². The van der Waals surface area contributed by atoms with Gasteiger partial charge in [0.15, 0.2) is 23.1 Å². The summed E-state index contributed by atoms with van der Waals surface area (Å²) in [6, 6.07) is 44.9. The van der Waals surface area contributed by atoms with Gasteiger partial charge in [0, 0.05) is 10.8 Å². The zero-order valence-corrected chi connectivity index (χ0v) is 36.8. The lowest BCUT2D eigenvalue weighted by Crippen LogP contribution is -2.46. The van der Waals surface area contributed by atoms with Crippen LogP contribution in [0.3, 0.4) is 0 Å². The maximum absolute atomic E-state index is 15.3. The maximum atomic E-state index is 15.3. The SMILES string of the molecule is CCC(C)Oc1ccc(C(C)(C)C(Cc2ccc(F)c(Oc3ccccc3)c2)OC(Cc2ccc(F)c(Oc3ccccc3)c2)C(C)(C)c2ccc(OC(C)CC)cc2)cc1. The Morgan fingerprint density at radius 2 is 0.820 bits per heavy atom. The van der Waals surface area contributed by atoms with Gasteiger partial charge < -0.3 is 23.7 Å². The van der Waals surface area contributed by atoms with Gasteiger partial charge in [-0.2, -0.15) is 0 Å². The molecule has 0 N–H and O–H groups in total. The molecule has 0 aromatic heterocycles. The fraction of sp³-hybridized carbons (Fsp3) is 0.333. The first kappa shape index (κ1) is 44.9. The van der Waals surface area contributed by atoms with Gasteiger partial charge in [0.25, 0.3) is 0 Å². The Labute approximate surface area is 361 Å². The van der Waals surface area contributed by atoms with Crippen molar-refractivity contribution >= 4 is 0 Å². The Hall–Kier alpha value is -5.66. The topological polar surface area (TPSA) is 46.2 Å². The van der Waals surface area contributed by atoms with E-state index in [9.17, 15) is 0 Å². The number of hydrogen-bond acceptors (Lipinski definition) is 5. The second-order valence-corrected chi connectivity index (χ2v) is 17.0. The maximum Gasteiger partial charge on any atom is 0.165 e. The van der Waals surface area contributed by atoms with Gasteiger partial charge in [-0.1, -0.05) is 114 Å². The highest BCUT2D eigenvalue weighted by Crippen LogP contribution is 2.40. The predicted octanol–water partition coefficient (Wildman–Crippen LogP) is 14.4. The highest BCUT2D eigenvalue weighted by atomic mass is 19.1. The van der Waals surface area contributed by atoms with Crippen LogP contribution in [0.2, 0.25) is 0 Å². The summed E-state index contributed by atoms with van der Waals surface area (Å²) < 4.78 is 62.7. The van der Waals surface area contributed by atoms with Crippen LogP contribution in [0.15, 0.2) is 146 Å². The monoisotopic (exact) mass is 826 g/mol. The first-order valence-electron chi connectivity index (χ1n) is 21.5. The summed E-state index contributed by atoms with van der Waals surface area (Å²) in [5, 5.41) is 0. The van der Waals surface area contributed by atoms with Crippen molar-refractivity contribution in [2.75, 3.05) is 0 Å². The molecule has 0 fully saturated rings. The fourth-order valence-corrected chi connectivity index (χ4v) is 7.24. The van der Waals surface area contributed by atoms with Gasteiger partial charge in [-0.15, -0.1) is 0 Å². The number of rotatable bonds is 20. The first-order valence-corrected chi connectivity index (χ1v) is 21.5. The van der Waals surface area contributed by atoms with Crippen LogP contribution in [0.5, 0.6) is 34.5 Å². The molecule has 0 bridgehead atoms. The Kier molecular flexibility index (Phi) is 14.9. The molecular formula is C54H60F2O5. The lowest BCUT2D eigenvalue weighted by Gasteiger charge is -2.43. The van der Waals surface area contributed by atoms with E-state index in [0.717, 1.165) is 46.6 Å². The van der Waals surface area contributed by atoms with E-state index in [0.29, 0.717) is 24.3 Å². The second kappa shape index (κ2) is 20.3. The Morgan fingerprint density at radius 1 is 0.459 bits per heavy atom. The zero-order chi connectivity index (χ0) is 43.6. The van der Waals surface area contributed by atoms with Crippen LogP contribution in [-0.4, -0.2) is 24.4 Å². The number of para-hydroxylation sites is 2. The van der Waals surface area contributed by atoms with Crippen LogP contribution in [-0.2, 0) is 28.4 Å². The molecule has 0 aliphatic rings. The van der Waals surface area contributed by atoms with E-state index in [1.54, 1.807) is 48.5 Å². The van der Waals surface area contributed by atoms with Gasteiger partial charge in [-0.3, -0.25) is 0 Å². The van der Waals surface area contributed by atoms with Crippen molar-refractivity contribution in [1.82, 2.24) is 0 Å². The summed E-state index contributed by atoms with van der Waals surface area (Å²) in [7, 11) is 0. The van der Waals surface area contributed by atoms with E-state index in [1.165, 1.54) is 12.1 Å². The van der Waals surface area contributed by atoms with E-state index in [-0.39, 0.29) is 23.7 Å². The Balaban J connectivity index is 1.41. The van der Waals surface area contributed by atoms with Crippen molar-refractivity contribution in [2.45, 2.75) is 116 Å². The van der Waals surface area contributed by atoms with Crippen molar-refractivity contribution in [3.63, 3.8) is 0 Å². The van der Waals surface area contributed by atoms with E-state index in [1.807, 2.05) is 60.7 Å². The fourth-order valence-electron chi connectivity index (χ4n) is 7.24. The largest absolute Gasteiger partial charge is 0.491 e. The minimum atomic E-state index is -0.573. The zero-order valence-electron chi connectivity index (χ0n) is 36.8. The molecule has 0 aliphatic heterocycles. The van der Waals surface area contributed by atoms with Gasteiger partial charge in [-0.25, -0.2) is 8.78 Å². The predicted molar refractivity (Wildman–Crippen MR) is 242 cm³/mol. The molecule has 0 spiro atoms. The average Bonchev–Trinajstić information content (AvgIpc) is 3.26. The smallest absolute Gasteiger partial charge is 0.165 e. The van der Waals surface area contributed by atoms with Gasteiger partial charge in [0.1, 0.15) is 23.0 Å². The quantitative estimate of drug-likeness (QED) is 0.0767. The van der Waals surface area contributed by atoms with Crippen LogP contribution in [0.25, 0.3) is 0 Å². The van der Waals surface area contributed by atoms with Crippen LogP contribution in [0, 0.1) is 11.6 Å². The molecule has 7 heteroatoms. The second-order valence-electron chi connectivity index (χ2n) is 17.0. The third-order valence-electron chi connectivity index (χ3n) is 11.7. The van der Waals surface area contributed by atoms with E-state index in [4.69, 9.17) is 23.7 Å². The average molecular weight is 827 g/mol. The third-order valence-corrected chi connectivity index (χ3v) is 11.7. The molecule has 320 valence electrons. The molecule has 6 rings (SSSR count). The number of ether oxygens (including phenoxy) is 5. The third kappa shape index (κ3) is 11.8. The van der Waals surface area contributed by atoms with Crippen molar-refractivity contribution in [2.24, 2.45) is 0 Å². The molecule has 5 nitrogen and oxygen atoms in total. The van der Waals surface area contributed by atoms with Crippen LogP contribution >= 0.6 is 0 Å². The van der Waals surface area contributed by atoms with Crippen molar-refractivity contribution in [3.8, 4) is 34.5 Å². The standard InChI is InChI=1S/C54H60F2O5/c1-9-37(3)57-45-27-23-41(24-28-45)53(5,6)51(35-39-21-31-47(55)49(33-39)59-43-17-13-11-14-18-43)61-52(54(7,8)42-25-29-46(30-26-42)58-38(4)10-2)36-40-22-32-48(56)50(34-40)60-44-19-15-12-16-20-44/h11-34,37-38,51-52H,9-10,35-36H2,1-8H3. The number of halogens is 2. The molecule has 0 saturated heterocycles. The Morgan fingerprint density at radius 3 is 1.16 bits per heavy atom. The molecule has 0 radical (unpaired) electrons. The molecule has 61 heavy (non-hydrogen) atoms. The molecule has 0 saturated carbocycles. The van der Waals surface area contributed by atoms with E-state index < -0.39 is 34.7 Å². The minimum absolute atomic E-state index is 0.0875. The molecule has 0 amide bonds. The Bertz CT molecular complexity index is 2110. The minimum Gasteiger partial charge on any atom is -0.491 e. The molecule has 6 aromatic carbocycles. The first-order chi connectivity index (χ1) is 29.2. The molecule has 0 aliphatic carbocycles. The van der Waals surface area contributed by atoms with Crippen molar-refractivity contribution in [1.29, 1.82) is 0 Å². The highest BCUT2D eigenvalue weighted by molar-refractivity contribution is 5.40. The van der Waals surface area contributed by atoms with E-state index in [2.05, 4.69) is 79.7 Å². The summed E-state index contributed by atoms with van der Waals surface area (Å²) >= 11 is 0. The van der Waals surface area contributed by atoms with Crippen molar-refractivity contribution < 1.29 is 32.5 Å². The normalized spacial score (nSPS) is 13.8. The van der Waals surface area contributed by atoms with Gasteiger partial charge >= 0.3 is 0 Å². The molecular weight excluding hydrogens is 767 g/mol. The lowest BCUT2D eigenvalue weighted by atomic mass is 9.74. The molecule has 6 aromatic rings. The van der Waals surface area contributed by atoms with Gasteiger partial charge in [0.2, 0.25) is 0 Å². The van der Waals surface area contributed by atoms with Crippen LogP contribution < -0.4 is 18.9 Å². The van der Waals surface area contributed by atoms with Gasteiger partial charge in [0.05, 0.1) is 24.4 Å². The van der Waals surface area contributed by atoms with Crippen molar-refractivity contribution in [3.05, 3.63) is 179 Å². The van der Waals surface area contributed by atoms with Crippen LogP contribution in [0.1, 0.15) is 90.5 Å². The lowest BCUT2D eigenvalue weighted by molar-refractivity contribution is -0.0753. The summed E-state index contributed by atoms with van der Waals surface area (Å²) in [6.07, 6.45) is 1.95. The van der Waals surface area contributed by atoms with E-state index >= 15 is 8.78 Å². The highest BCUT2D eigenvalue weighted by Gasteiger charge is 2.40. The number of hydrogen-bond donors (Lipinski definition) is 0.